The van der Waals surface area contributed by atoms with Gasteiger partial charge in [-0.2, -0.15) is 5.26 Å². The van der Waals surface area contributed by atoms with Crippen molar-refractivity contribution in [3.63, 3.8) is 0 Å². The van der Waals surface area contributed by atoms with E-state index in [9.17, 15) is 19.7 Å². The van der Waals surface area contributed by atoms with Crippen molar-refractivity contribution in [2.75, 3.05) is 0 Å². The highest BCUT2D eigenvalue weighted by molar-refractivity contribution is 6.39. The Bertz CT molecular complexity index is 1740. The first-order valence-electron chi connectivity index (χ1n) is 10.7. The molecule has 6 rings (SSSR count). The summed E-state index contributed by atoms with van der Waals surface area (Å²) in [5.74, 6) is -0.725. The van der Waals surface area contributed by atoms with Gasteiger partial charge in [0.15, 0.2) is 0 Å². The molecule has 35 heavy (non-hydrogen) atoms. The lowest BCUT2D eigenvalue weighted by Crippen LogP contribution is -2.25. The SMILES string of the molecule is N#Cc1ccc2nccnc2c1.O=C1Cc2ccc3c(ccc4c([N+](=O)[O-])cccc43)c2CC1=O. The van der Waals surface area contributed by atoms with E-state index < -0.39 is 4.92 Å². The van der Waals surface area contributed by atoms with Gasteiger partial charge in [-0.15, -0.1) is 0 Å². The van der Waals surface area contributed by atoms with E-state index in [0.717, 1.165) is 38.3 Å². The third kappa shape index (κ3) is 3.96. The molecule has 0 N–H and O–H groups in total. The molecule has 1 heterocycles. The van der Waals surface area contributed by atoms with Crippen LogP contribution in [0.1, 0.15) is 16.7 Å². The monoisotopic (exact) mass is 460 g/mol. The Hall–Kier alpha value is -5.03. The summed E-state index contributed by atoms with van der Waals surface area (Å²) in [5.41, 5.74) is 3.98. The summed E-state index contributed by atoms with van der Waals surface area (Å²) in [6, 6.07) is 19.5. The number of nitrogens with zero attached hydrogens (tertiary/aromatic N) is 4. The number of aromatic nitrogens is 2. The molecule has 0 bridgehead atoms. The zero-order chi connectivity index (χ0) is 24.5. The number of fused-ring (bicyclic) bond motifs is 6. The topological polar surface area (TPSA) is 127 Å². The van der Waals surface area contributed by atoms with Crippen molar-refractivity contribution in [3.05, 3.63) is 99.9 Å². The number of hydrogen-bond acceptors (Lipinski definition) is 7. The van der Waals surface area contributed by atoms with E-state index in [-0.39, 0.29) is 30.1 Å². The molecule has 0 amide bonds. The quantitative estimate of drug-likeness (QED) is 0.154. The van der Waals surface area contributed by atoms with Gasteiger partial charge >= 0.3 is 0 Å². The smallest absolute Gasteiger partial charge is 0.277 e. The summed E-state index contributed by atoms with van der Waals surface area (Å²) >= 11 is 0. The molecule has 0 aliphatic heterocycles. The maximum absolute atomic E-state index is 11.8. The number of nitriles is 1. The van der Waals surface area contributed by atoms with E-state index >= 15 is 0 Å². The first kappa shape index (κ1) is 21.8. The maximum atomic E-state index is 11.8. The minimum atomic E-state index is -0.394. The molecule has 0 atom stereocenters. The van der Waals surface area contributed by atoms with Crippen LogP contribution in [-0.2, 0) is 22.4 Å². The first-order valence-corrected chi connectivity index (χ1v) is 10.7. The average Bonchev–Trinajstić information content (AvgIpc) is 2.88. The number of benzene rings is 4. The van der Waals surface area contributed by atoms with E-state index in [1.807, 2.05) is 24.3 Å². The second-order valence-electron chi connectivity index (χ2n) is 8.06. The molecule has 1 aromatic heterocycles. The number of nitro benzene ring substituents is 1. The van der Waals surface area contributed by atoms with Crippen LogP contribution in [0.15, 0.2) is 73.1 Å². The van der Waals surface area contributed by atoms with Crippen molar-refractivity contribution < 1.29 is 14.5 Å². The van der Waals surface area contributed by atoms with E-state index in [4.69, 9.17) is 5.26 Å². The third-order valence-corrected chi connectivity index (χ3v) is 6.04. The molecule has 0 saturated carbocycles. The Labute approximate surface area is 198 Å². The fraction of sp³-hybridized carbons (Fsp3) is 0.0741. The molecule has 4 aromatic carbocycles. The van der Waals surface area contributed by atoms with Crippen LogP contribution in [0.25, 0.3) is 32.6 Å². The van der Waals surface area contributed by atoms with Crippen molar-refractivity contribution in [3.8, 4) is 6.07 Å². The summed E-state index contributed by atoms with van der Waals surface area (Å²) in [6.07, 6.45) is 3.49. The number of hydrogen-bond donors (Lipinski definition) is 0. The second kappa shape index (κ2) is 8.72. The average molecular weight is 460 g/mol. The minimum absolute atomic E-state index is 0.0633. The van der Waals surface area contributed by atoms with Crippen LogP contribution in [0, 0.1) is 21.4 Å². The summed E-state index contributed by atoms with van der Waals surface area (Å²) in [5, 5.41) is 22.9. The third-order valence-electron chi connectivity index (χ3n) is 6.04. The molecule has 0 unspecified atom stereocenters. The van der Waals surface area contributed by atoms with Crippen molar-refractivity contribution >= 4 is 49.8 Å². The van der Waals surface area contributed by atoms with Crippen LogP contribution in [0.2, 0.25) is 0 Å². The number of Topliss-reactive ketones (excluding diaryl/α,β-unsaturated/α-hetero) is 2. The van der Waals surface area contributed by atoms with Crippen LogP contribution >= 0.6 is 0 Å². The van der Waals surface area contributed by atoms with Gasteiger partial charge in [0, 0.05) is 31.3 Å². The summed E-state index contributed by atoms with van der Waals surface area (Å²) < 4.78 is 0. The number of carbonyl (C=O) groups is 2. The number of ketones is 2. The molecule has 8 nitrogen and oxygen atoms in total. The summed E-state index contributed by atoms with van der Waals surface area (Å²) in [4.78, 5) is 42.3. The largest absolute Gasteiger partial charge is 0.291 e. The van der Waals surface area contributed by atoms with Crippen LogP contribution in [0.4, 0.5) is 5.69 Å². The molecule has 168 valence electrons. The van der Waals surface area contributed by atoms with Crippen LogP contribution in [-0.4, -0.2) is 26.5 Å². The number of non-ortho nitro benzene ring substituents is 1. The normalized spacial score (nSPS) is 12.7. The van der Waals surface area contributed by atoms with Gasteiger partial charge in [0.05, 0.1) is 33.0 Å². The lowest BCUT2D eigenvalue weighted by atomic mass is 9.85. The Morgan fingerprint density at radius 2 is 1.49 bits per heavy atom. The molecular formula is C27H16N4O4. The van der Waals surface area contributed by atoms with E-state index in [2.05, 4.69) is 16.0 Å². The van der Waals surface area contributed by atoms with E-state index in [1.54, 1.807) is 42.7 Å². The molecular weight excluding hydrogens is 444 g/mol. The molecule has 0 fully saturated rings. The minimum Gasteiger partial charge on any atom is -0.291 e. The van der Waals surface area contributed by atoms with Crippen molar-refractivity contribution in [1.29, 1.82) is 5.26 Å². The van der Waals surface area contributed by atoms with E-state index in [1.165, 1.54) is 6.07 Å². The lowest BCUT2D eigenvalue weighted by Gasteiger charge is -2.17. The van der Waals surface area contributed by atoms with Crippen LogP contribution in [0.3, 0.4) is 0 Å². The molecule has 8 heteroatoms. The lowest BCUT2D eigenvalue weighted by molar-refractivity contribution is -0.383. The van der Waals surface area contributed by atoms with Gasteiger partial charge in [-0.3, -0.25) is 29.7 Å². The highest BCUT2D eigenvalue weighted by Crippen LogP contribution is 2.35. The zero-order valence-electron chi connectivity index (χ0n) is 18.3. The van der Waals surface area contributed by atoms with Gasteiger partial charge in [-0.05, 0) is 51.6 Å². The first-order chi connectivity index (χ1) is 17.0. The predicted octanol–water partition coefficient (Wildman–Crippen LogP) is 4.64. The number of nitro groups is 1. The second-order valence-corrected chi connectivity index (χ2v) is 8.06. The van der Waals surface area contributed by atoms with Gasteiger partial charge < -0.3 is 0 Å². The van der Waals surface area contributed by atoms with Crippen molar-refractivity contribution in [1.82, 2.24) is 9.97 Å². The Balaban J connectivity index is 0.000000178. The zero-order valence-corrected chi connectivity index (χ0v) is 18.3. The van der Waals surface area contributed by atoms with Gasteiger partial charge in [0.25, 0.3) is 5.69 Å². The van der Waals surface area contributed by atoms with Crippen molar-refractivity contribution in [2.45, 2.75) is 12.8 Å². The number of rotatable bonds is 1. The standard InChI is InChI=1S/C18H11NO4.C9H5N3/c20-17-8-10-4-5-12-11-2-1-3-16(19(22)23)14(11)7-6-13(12)15(10)9-18(17)21;10-6-7-1-2-8-9(5-7)12-4-3-11-8/h1-7H,8-9H2;1-5H. The molecule has 5 aromatic rings. The fourth-order valence-electron chi connectivity index (χ4n) is 4.36. The Morgan fingerprint density at radius 1 is 0.800 bits per heavy atom. The fourth-order valence-corrected chi connectivity index (χ4v) is 4.36. The maximum Gasteiger partial charge on any atom is 0.277 e. The van der Waals surface area contributed by atoms with Gasteiger partial charge in [0.1, 0.15) is 0 Å². The summed E-state index contributed by atoms with van der Waals surface area (Å²) in [6.45, 7) is 0. The Kier molecular flexibility index (Phi) is 5.43. The molecule has 0 radical (unpaired) electrons. The van der Waals surface area contributed by atoms with Crippen LogP contribution < -0.4 is 0 Å². The number of carbonyl (C=O) groups excluding carboxylic acids is 2. The Morgan fingerprint density at radius 3 is 2.26 bits per heavy atom. The van der Waals surface area contributed by atoms with Crippen LogP contribution in [0.5, 0.6) is 0 Å². The highest BCUT2D eigenvalue weighted by Gasteiger charge is 2.25. The van der Waals surface area contributed by atoms with Gasteiger partial charge in [-0.1, -0.05) is 30.3 Å². The highest BCUT2D eigenvalue weighted by atomic mass is 16.6. The molecule has 1 aliphatic carbocycles. The van der Waals surface area contributed by atoms with E-state index in [0.29, 0.717) is 10.9 Å². The van der Waals surface area contributed by atoms with Gasteiger partial charge in [0.2, 0.25) is 11.6 Å². The van der Waals surface area contributed by atoms with Crippen molar-refractivity contribution in [2.24, 2.45) is 0 Å². The van der Waals surface area contributed by atoms with Gasteiger partial charge in [-0.25, -0.2) is 0 Å². The molecule has 0 saturated heterocycles. The molecule has 0 spiro atoms. The predicted molar refractivity (Wildman–Crippen MR) is 130 cm³/mol. The summed E-state index contributed by atoms with van der Waals surface area (Å²) in [7, 11) is 0. The molecule has 1 aliphatic rings.